The van der Waals surface area contributed by atoms with Gasteiger partial charge in [0.2, 0.25) is 0 Å². The topological polar surface area (TPSA) is 40.5 Å². The molecule has 1 aliphatic heterocycles. The molecule has 2 aromatic carbocycles. The lowest BCUT2D eigenvalue weighted by Crippen LogP contribution is -2.47. The Labute approximate surface area is 166 Å². The second-order valence-corrected chi connectivity index (χ2v) is 7.49. The number of rotatable bonds is 4. The molecule has 0 saturated carbocycles. The van der Waals surface area contributed by atoms with E-state index in [1.54, 1.807) is 11.0 Å². The van der Waals surface area contributed by atoms with E-state index in [4.69, 9.17) is 11.6 Å². The van der Waals surface area contributed by atoms with E-state index in [2.05, 4.69) is 0 Å². The summed E-state index contributed by atoms with van der Waals surface area (Å²) in [6.45, 7) is 2.34. The highest BCUT2D eigenvalue weighted by atomic mass is 35.5. The number of hydrogen-bond donors (Lipinski definition) is 1. The van der Waals surface area contributed by atoms with Crippen molar-refractivity contribution in [2.75, 3.05) is 6.54 Å². The van der Waals surface area contributed by atoms with Crippen LogP contribution in [0, 0.1) is 6.92 Å². The molecule has 0 bridgehead atoms. The molecule has 1 N–H and O–H groups in total. The van der Waals surface area contributed by atoms with E-state index in [0.29, 0.717) is 13.0 Å². The summed E-state index contributed by atoms with van der Waals surface area (Å²) in [4.78, 5) is 13.6. The van der Waals surface area contributed by atoms with Crippen LogP contribution >= 0.6 is 11.6 Å². The Morgan fingerprint density at radius 3 is 2.54 bits per heavy atom. The molecule has 0 radical (unpaired) electrons. The Kier molecular flexibility index (Phi) is 6.01. The van der Waals surface area contributed by atoms with Gasteiger partial charge >= 0.3 is 12.1 Å². The maximum absolute atomic E-state index is 13.3. The van der Waals surface area contributed by atoms with Gasteiger partial charge in [-0.25, -0.2) is 0 Å². The minimum Gasteiger partial charge on any atom is -0.480 e. The molecule has 3 nitrogen and oxygen atoms in total. The van der Waals surface area contributed by atoms with Crippen LogP contribution < -0.4 is 0 Å². The third kappa shape index (κ3) is 4.18. The Bertz CT molecular complexity index is 869. The van der Waals surface area contributed by atoms with E-state index < -0.39 is 29.8 Å². The van der Waals surface area contributed by atoms with E-state index in [1.807, 2.05) is 25.1 Å². The van der Waals surface area contributed by atoms with E-state index in [-0.39, 0.29) is 10.6 Å². The minimum absolute atomic E-state index is 0.191. The molecule has 0 aromatic heterocycles. The van der Waals surface area contributed by atoms with Crippen LogP contribution in [0.3, 0.4) is 0 Å². The van der Waals surface area contributed by atoms with Crippen molar-refractivity contribution in [3.05, 3.63) is 69.7 Å². The summed E-state index contributed by atoms with van der Waals surface area (Å²) in [6.07, 6.45) is -2.51. The molecule has 0 spiro atoms. The van der Waals surface area contributed by atoms with Crippen LogP contribution in [-0.4, -0.2) is 28.6 Å². The summed E-state index contributed by atoms with van der Waals surface area (Å²) in [6, 6.07) is 9.13. The Morgan fingerprint density at radius 2 is 1.89 bits per heavy atom. The number of nitrogens with zero attached hydrogens (tertiary/aromatic N) is 1. The minimum atomic E-state index is -4.51. The van der Waals surface area contributed by atoms with Gasteiger partial charge < -0.3 is 5.11 Å². The number of carboxylic acids is 1. The van der Waals surface area contributed by atoms with Crippen LogP contribution in [0.5, 0.6) is 0 Å². The van der Waals surface area contributed by atoms with Gasteiger partial charge in [-0.1, -0.05) is 42.3 Å². The maximum Gasteiger partial charge on any atom is 0.416 e. The van der Waals surface area contributed by atoms with Crippen molar-refractivity contribution >= 4 is 17.6 Å². The molecule has 150 valence electrons. The number of hydrogen-bond acceptors (Lipinski definition) is 2. The number of aliphatic carboxylic acids is 1. The first kappa shape index (κ1) is 20.7. The predicted molar refractivity (Wildman–Crippen MR) is 101 cm³/mol. The molecule has 7 heteroatoms. The lowest BCUT2D eigenvalue weighted by molar-refractivity contribution is -0.145. The number of alkyl halides is 3. The quantitative estimate of drug-likeness (QED) is 0.702. The maximum atomic E-state index is 13.3. The number of carboxylic acid groups (broad SMARTS) is 1. The lowest BCUT2D eigenvalue weighted by Gasteiger charge is -2.40. The highest BCUT2D eigenvalue weighted by molar-refractivity contribution is 6.31. The van der Waals surface area contributed by atoms with E-state index in [1.165, 1.54) is 6.07 Å². The molecule has 1 saturated heterocycles. The van der Waals surface area contributed by atoms with E-state index in [0.717, 1.165) is 36.1 Å². The van der Waals surface area contributed by atoms with Crippen LogP contribution in [0.2, 0.25) is 5.02 Å². The smallest absolute Gasteiger partial charge is 0.416 e. The number of aryl methyl sites for hydroxylation is 1. The van der Waals surface area contributed by atoms with Crippen LogP contribution in [0.25, 0.3) is 0 Å². The Balaban J connectivity index is 2.20. The molecule has 1 heterocycles. The largest absolute Gasteiger partial charge is 0.480 e. The second kappa shape index (κ2) is 8.13. The zero-order valence-corrected chi connectivity index (χ0v) is 16.1. The number of likely N-dealkylation sites (tertiary alicyclic amines) is 1. The molecular weight excluding hydrogens is 391 g/mol. The van der Waals surface area contributed by atoms with E-state index in [9.17, 15) is 23.1 Å². The fourth-order valence-electron chi connectivity index (χ4n) is 3.88. The molecule has 1 fully saturated rings. The number of benzene rings is 2. The van der Waals surface area contributed by atoms with Crippen molar-refractivity contribution in [2.45, 2.75) is 44.4 Å². The summed E-state index contributed by atoms with van der Waals surface area (Å²) in [7, 11) is 0. The van der Waals surface area contributed by atoms with E-state index >= 15 is 0 Å². The van der Waals surface area contributed by atoms with Gasteiger partial charge in [0.1, 0.15) is 6.04 Å². The fraction of sp³-hybridized carbons (Fsp3) is 0.381. The Hall–Kier alpha value is -2.05. The molecule has 3 rings (SSSR count). The third-order valence-corrected chi connectivity index (χ3v) is 5.61. The van der Waals surface area contributed by atoms with Crippen LogP contribution in [0.4, 0.5) is 13.2 Å². The SMILES string of the molecule is Cc1ccccc1C(c1cc(C(F)(F)F)ccc1Cl)N1CCCCC1C(=O)O. The average molecular weight is 412 g/mol. The first-order valence-electron chi connectivity index (χ1n) is 9.11. The summed E-state index contributed by atoms with van der Waals surface area (Å²) >= 11 is 6.35. The highest BCUT2D eigenvalue weighted by Crippen LogP contribution is 2.41. The Morgan fingerprint density at radius 1 is 1.18 bits per heavy atom. The summed E-state index contributed by atoms with van der Waals surface area (Å²) in [5.74, 6) is -0.971. The van der Waals surface area contributed by atoms with Crippen LogP contribution in [0.1, 0.15) is 47.6 Å². The standard InChI is InChI=1S/C21H21ClF3NO2/c1-13-6-2-3-7-15(13)19(26-11-5-4-8-18(26)20(27)28)16-12-14(21(23,24)25)9-10-17(16)22/h2-3,6-7,9-10,12,18-19H,4-5,8,11H2,1H3,(H,27,28). The third-order valence-electron chi connectivity index (χ3n) is 5.26. The first-order valence-corrected chi connectivity index (χ1v) is 9.48. The van der Waals surface area contributed by atoms with Gasteiger partial charge in [-0.15, -0.1) is 0 Å². The summed E-state index contributed by atoms with van der Waals surface area (Å²) in [5.41, 5.74) is 1.11. The molecule has 0 aliphatic carbocycles. The molecule has 2 atom stereocenters. The summed E-state index contributed by atoms with van der Waals surface area (Å²) < 4.78 is 40.0. The molecular formula is C21H21ClF3NO2. The lowest BCUT2D eigenvalue weighted by atomic mass is 9.89. The zero-order valence-electron chi connectivity index (χ0n) is 15.3. The first-order chi connectivity index (χ1) is 13.2. The van der Waals surface area contributed by atoms with Gasteiger partial charge in [0.25, 0.3) is 0 Å². The van der Waals surface area contributed by atoms with Crippen molar-refractivity contribution in [2.24, 2.45) is 0 Å². The van der Waals surface area contributed by atoms with Crippen molar-refractivity contribution in [3.63, 3.8) is 0 Å². The van der Waals surface area contributed by atoms with Gasteiger partial charge in [-0.05, 0) is 61.2 Å². The van der Waals surface area contributed by atoms with Crippen molar-refractivity contribution in [3.8, 4) is 0 Å². The fourth-order valence-corrected chi connectivity index (χ4v) is 4.10. The predicted octanol–water partition coefficient (Wildman–Crippen LogP) is 5.70. The number of carbonyl (C=O) groups is 1. The highest BCUT2D eigenvalue weighted by Gasteiger charge is 2.38. The molecule has 2 unspecified atom stereocenters. The molecule has 0 amide bonds. The van der Waals surface area contributed by atoms with Crippen LogP contribution in [-0.2, 0) is 11.0 Å². The molecule has 28 heavy (non-hydrogen) atoms. The van der Waals surface area contributed by atoms with Crippen molar-refractivity contribution in [1.82, 2.24) is 4.90 Å². The number of halogens is 4. The van der Waals surface area contributed by atoms with Gasteiger partial charge in [0.05, 0.1) is 11.6 Å². The number of piperidine rings is 1. The van der Waals surface area contributed by atoms with Gasteiger partial charge in [-0.2, -0.15) is 13.2 Å². The zero-order chi connectivity index (χ0) is 20.5. The van der Waals surface area contributed by atoms with Gasteiger partial charge in [0, 0.05) is 5.02 Å². The second-order valence-electron chi connectivity index (χ2n) is 7.08. The molecule has 1 aliphatic rings. The summed E-state index contributed by atoms with van der Waals surface area (Å²) in [5, 5.41) is 9.91. The van der Waals surface area contributed by atoms with Gasteiger partial charge in [-0.3, -0.25) is 9.69 Å². The molecule has 2 aromatic rings. The van der Waals surface area contributed by atoms with Crippen molar-refractivity contribution < 1.29 is 23.1 Å². The normalized spacial score (nSPS) is 19.4. The van der Waals surface area contributed by atoms with Gasteiger partial charge in [0.15, 0.2) is 0 Å². The monoisotopic (exact) mass is 411 g/mol. The average Bonchev–Trinajstić information content (AvgIpc) is 2.64. The van der Waals surface area contributed by atoms with Crippen molar-refractivity contribution in [1.29, 1.82) is 0 Å². The van der Waals surface area contributed by atoms with Crippen LogP contribution in [0.15, 0.2) is 42.5 Å².